The van der Waals surface area contributed by atoms with Crippen LogP contribution in [-0.2, 0) is 11.3 Å². The summed E-state index contributed by atoms with van der Waals surface area (Å²) in [7, 11) is 1.70. The van der Waals surface area contributed by atoms with Crippen LogP contribution in [0.1, 0.15) is 43.4 Å². The topological polar surface area (TPSA) is 68.0 Å². The molecule has 156 valence electrons. The summed E-state index contributed by atoms with van der Waals surface area (Å²) < 4.78 is 16.5. The lowest BCUT2D eigenvalue weighted by molar-refractivity contribution is 0.172. The molecule has 1 aromatic heterocycles. The molecular formula is C21H32IN3O3. The highest BCUT2D eigenvalue weighted by atomic mass is 127. The van der Waals surface area contributed by atoms with E-state index in [0.29, 0.717) is 19.8 Å². The molecule has 0 radical (unpaired) electrons. The summed E-state index contributed by atoms with van der Waals surface area (Å²) in [6.07, 6.45) is 0.873. The monoisotopic (exact) mass is 501 g/mol. The number of furan rings is 1. The zero-order valence-electron chi connectivity index (χ0n) is 17.2. The first-order valence-electron chi connectivity index (χ1n) is 9.44. The van der Waals surface area contributed by atoms with Crippen LogP contribution in [0.25, 0.3) is 0 Å². The molecule has 0 fully saturated rings. The maximum atomic E-state index is 5.76. The van der Waals surface area contributed by atoms with E-state index in [2.05, 4.69) is 22.5 Å². The average Bonchev–Trinajstić information content (AvgIpc) is 3.10. The van der Waals surface area contributed by atoms with Gasteiger partial charge in [-0.3, -0.25) is 0 Å². The molecule has 0 spiro atoms. The first-order chi connectivity index (χ1) is 13.1. The SMILES string of the molecule is CCNC(=NCc1cccc(OCCCOC)c1)NC(C)c1ccc(C)o1.I. The summed E-state index contributed by atoms with van der Waals surface area (Å²) in [5.41, 5.74) is 1.10. The number of methoxy groups -OCH3 is 1. The van der Waals surface area contributed by atoms with Crippen LogP contribution in [0, 0.1) is 6.92 Å². The van der Waals surface area contributed by atoms with E-state index >= 15 is 0 Å². The summed E-state index contributed by atoms with van der Waals surface area (Å²) in [6, 6.07) is 12.0. The highest BCUT2D eigenvalue weighted by Gasteiger charge is 2.11. The molecule has 1 heterocycles. The Morgan fingerprint density at radius 3 is 2.71 bits per heavy atom. The first kappa shape index (κ1) is 24.3. The van der Waals surface area contributed by atoms with Gasteiger partial charge in [0.2, 0.25) is 0 Å². The van der Waals surface area contributed by atoms with Crippen molar-refractivity contribution in [3.05, 3.63) is 53.5 Å². The molecule has 28 heavy (non-hydrogen) atoms. The Balaban J connectivity index is 0.00000392. The molecule has 0 amide bonds. The van der Waals surface area contributed by atoms with Gasteiger partial charge in [0.1, 0.15) is 17.3 Å². The second kappa shape index (κ2) is 13.4. The zero-order chi connectivity index (χ0) is 19.5. The molecule has 2 aromatic rings. The van der Waals surface area contributed by atoms with Crippen molar-refractivity contribution in [1.29, 1.82) is 0 Å². The van der Waals surface area contributed by atoms with Gasteiger partial charge in [-0.1, -0.05) is 12.1 Å². The molecule has 1 aromatic carbocycles. The second-order valence-electron chi connectivity index (χ2n) is 6.35. The molecule has 0 aliphatic carbocycles. The average molecular weight is 501 g/mol. The molecule has 0 bridgehead atoms. The van der Waals surface area contributed by atoms with Gasteiger partial charge in [-0.25, -0.2) is 4.99 Å². The number of hydrogen-bond acceptors (Lipinski definition) is 4. The van der Waals surface area contributed by atoms with Gasteiger partial charge in [0, 0.05) is 26.7 Å². The van der Waals surface area contributed by atoms with E-state index in [1.165, 1.54) is 0 Å². The Morgan fingerprint density at radius 2 is 2.04 bits per heavy atom. The molecule has 2 rings (SSSR count). The van der Waals surface area contributed by atoms with Crippen molar-refractivity contribution in [2.24, 2.45) is 4.99 Å². The summed E-state index contributed by atoms with van der Waals surface area (Å²) in [5.74, 6) is 3.41. The number of aliphatic imine (C=N–C) groups is 1. The number of aryl methyl sites for hydroxylation is 1. The fraction of sp³-hybridized carbons (Fsp3) is 0.476. The molecular weight excluding hydrogens is 469 g/mol. The van der Waals surface area contributed by atoms with E-state index in [4.69, 9.17) is 13.9 Å². The minimum Gasteiger partial charge on any atom is -0.493 e. The maximum absolute atomic E-state index is 5.76. The number of halogens is 1. The molecule has 0 saturated carbocycles. The van der Waals surface area contributed by atoms with Gasteiger partial charge in [0.25, 0.3) is 0 Å². The van der Waals surface area contributed by atoms with Crippen molar-refractivity contribution in [3.63, 3.8) is 0 Å². The third-order valence-electron chi connectivity index (χ3n) is 3.97. The van der Waals surface area contributed by atoms with Gasteiger partial charge in [-0.15, -0.1) is 24.0 Å². The largest absolute Gasteiger partial charge is 0.493 e. The van der Waals surface area contributed by atoms with Crippen LogP contribution in [0.4, 0.5) is 0 Å². The highest BCUT2D eigenvalue weighted by molar-refractivity contribution is 14.0. The number of hydrogen-bond donors (Lipinski definition) is 2. The smallest absolute Gasteiger partial charge is 0.192 e. The number of rotatable bonds is 10. The van der Waals surface area contributed by atoms with Gasteiger partial charge in [0.15, 0.2) is 5.96 Å². The predicted octanol–water partition coefficient (Wildman–Crippen LogP) is 4.44. The van der Waals surface area contributed by atoms with E-state index < -0.39 is 0 Å². The van der Waals surface area contributed by atoms with Crippen LogP contribution in [-0.4, -0.2) is 32.8 Å². The first-order valence-corrected chi connectivity index (χ1v) is 9.44. The fourth-order valence-electron chi connectivity index (χ4n) is 2.58. The summed E-state index contributed by atoms with van der Waals surface area (Å²) in [5, 5.41) is 6.66. The van der Waals surface area contributed by atoms with Crippen molar-refractivity contribution < 1.29 is 13.9 Å². The van der Waals surface area contributed by atoms with E-state index in [0.717, 1.165) is 41.8 Å². The van der Waals surface area contributed by atoms with Crippen LogP contribution in [0.15, 0.2) is 45.8 Å². The summed E-state index contributed by atoms with van der Waals surface area (Å²) >= 11 is 0. The number of benzene rings is 1. The van der Waals surface area contributed by atoms with Crippen molar-refractivity contribution in [1.82, 2.24) is 10.6 Å². The number of guanidine groups is 1. The van der Waals surface area contributed by atoms with E-state index in [-0.39, 0.29) is 30.0 Å². The van der Waals surface area contributed by atoms with Gasteiger partial charge >= 0.3 is 0 Å². The minimum absolute atomic E-state index is 0. The van der Waals surface area contributed by atoms with Crippen LogP contribution >= 0.6 is 24.0 Å². The molecule has 7 heteroatoms. The van der Waals surface area contributed by atoms with E-state index in [1.54, 1.807) is 7.11 Å². The van der Waals surface area contributed by atoms with E-state index in [1.807, 2.05) is 50.2 Å². The molecule has 2 N–H and O–H groups in total. The lowest BCUT2D eigenvalue weighted by Crippen LogP contribution is -2.38. The minimum atomic E-state index is 0. The van der Waals surface area contributed by atoms with Crippen LogP contribution in [0.5, 0.6) is 5.75 Å². The lowest BCUT2D eigenvalue weighted by atomic mass is 10.2. The predicted molar refractivity (Wildman–Crippen MR) is 124 cm³/mol. The standard InChI is InChI=1S/C21H31N3O3.HI/c1-5-22-21(24-17(3)20-11-10-16(2)27-20)23-15-18-8-6-9-19(14-18)26-13-7-12-25-4;/h6,8-11,14,17H,5,7,12-13,15H2,1-4H3,(H2,22,23,24);1H. The summed E-state index contributed by atoms with van der Waals surface area (Å²) in [4.78, 5) is 4.68. The summed E-state index contributed by atoms with van der Waals surface area (Å²) in [6.45, 7) is 8.75. The Bertz CT molecular complexity index is 718. The number of nitrogens with one attached hydrogen (secondary N) is 2. The quantitative estimate of drug-likeness (QED) is 0.218. The van der Waals surface area contributed by atoms with Gasteiger partial charge in [-0.2, -0.15) is 0 Å². The van der Waals surface area contributed by atoms with Crippen LogP contribution < -0.4 is 15.4 Å². The van der Waals surface area contributed by atoms with Crippen molar-refractivity contribution in [2.75, 3.05) is 26.9 Å². The van der Waals surface area contributed by atoms with Crippen LogP contribution in [0.2, 0.25) is 0 Å². The lowest BCUT2D eigenvalue weighted by Gasteiger charge is -2.16. The maximum Gasteiger partial charge on any atom is 0.192 e. The molecule has 1 unspecified atom stereocenters. The molecule has 1 atom stereocenters. The molecule has 0 aliphatic heterocycles. The Hall–Kier alpha value is -1.74. The van der Waals surface area contributed by atoms with Crippen LogP contribution in [0.3, 0.4) is 0 Å². The third-order valence-corrected chi connectivity index (χ3v) is 3.97. The normalized spacial score (nSPS) is 12.2. The highest BCUT2D eigenvalue weighted by Crippen LogP contribution is 2.16. The van der Waals surface area contributed by atoms with Crippen molar-refractivity contribution in [2.45, 2.75) is 39.8 Å². The van der Waals surface area contributed by atoms with Crippen molar-refractivity contribution >= 4 is 29.9 Å². The fourth-order valence-corrected chi connectivity index (χ4v) is 2.58. The van der Waals surface area contributed by atoms with Crippen molar-refractivity contribution in [3.8, 4) is 5.75 Å². The molecule has 0 aliphatic rings. The van der Waals surface area contributed by atoms with Gasteiger partial charge in [0.05, 0.1) is 19.2 Å². The number of nitrogens with zero attached hydrogens (tertiary/aromatic N) is 1. The zero-order valence-corrected chi connectivity index (χ0v) is 19.5. The number of ether oxygens (including phenoxy) is 2. The Morgan fingerprint density at radius 1 is 1.21 bits per heavy atom. The molecule has 0 saturated heterocycles. The van der Waals surface area contributed by atoms with Gasteiger partial charge < -0.3 is 24.5 Å². The Kier molecular flexibility index (Phi) is 11.7. The van der Waals surface area contributed by atoms with Gasteiger partial charge in [-0.05, 0) is 50.6 Å². The van der Waals surface area contributed by atoms with E-state index in [9.17, 15) is 0 Å². The molecule has 6 nitrogen and oxygen atoms in total. The second-order valence-corrected chi connectivity index (χ2v) is 6.35. The third kappa shape index (κ3) is 8.52. The Labute approximate surface area is 185 Å².